The average molecular weight is 174 g/mol. The Morgan fingerprint density at radius 2 is 2.23 bits per heavy atom. The Hall–Kier alpha value is -0.920. The van der Waals surface area contributed by atoms with Gasteiger partial charge in [-0.25, -0.2) is 0 Å². The van der Waals surface area contributed by atoms with Crippen LogP contribution in [0.1, 0.15) is 38.5 Å². The molecule has 1 fully saturated rings. The third-order valence-corrected chi connectivity index (χ3v) is 3.67. The highest BCUT2D eigenvalue weighted by molar-refractivity contribution is 5.37. The lowest BCUT2D eigenvalue weighted by Crippen LogP contribution is -2.52. The molecule has 13 heavy (non-hydrogen) atoms. The molecule has 68 valence electrons. The summed E-state index contributed by atoms with van der Waals surface area (Å²) >= 11 is 0. The SMILES string of the molecule is [N-]=[N+]1C2=C3CCCC=CC31CCC2. The minimum absolute atomic E-state index is 0.0515. The first kappa shape index (κ1) is 7.48. The molecule has 2 nitrogen and oxygen atoms in total. The average Bonchev–Trinajstić information content (AvgIpc) is 2.37. The van der Waals surface area contributed by atoms with E-state index < -0.39 is 0 Å². The fraction of sp³-hybridized carbons (Fsp3) is 0.636. The fourth-order valence-electron chi connectivity index (χ4n) is 3.02. The van der Waals surface area contributed by atoms with Crippen molar-refractivity contribution in [2.75, 3.05) is 0 Å². The van der Waals surface area contributed by atoms with E-state index in [1.807, 2.05) is 0 Å². The smallest absolute Gasteiger partial charge is 0.202 e. The third-order valence-electron chi connectivity index (χ3n) is 3.67. The number of rotatable bonds is 0. The molecule has 0 radical (unpaired) electrons. The van der Waals surface area contributed by atoms with Gasteiger partial charge in [0.15, 0.2) is 5.70 Å². The van der Waals surface area contributed by atoms with Gasteiger partial charge in [0.25, 0.3) is 0 Å². The van der Waals surface area contributed by atoms with Crippen LogP contribution in [0.3, 0.4) is 0 Å². The van der Waals surface area contributed by atoms with Crippen LogP contribution in [0.25, 0.3) is 5.53 Å². The quantitative estimate of drug-likeness (QED) is 0.398. The third kappa shape index (κ3) is 0.742. The Bertz CT molecular complexity index is 338. The Morgan fingerprint density at radius 1 is 1.31 bits per heavy atom. The van der Waals surface area contributed by atoms with E-state index in [0.717, 1.165) is 12.8 Å². The number of fused-ring (bicyclic) bond motifs is 1. The molecule has 3 aliphatic rings. The maximum absolute atomic E-state index is 9.86. The van der Waals surface area contributed by atoms with Gasteiger partial charge in [-0.05, 0) is 31.8 Å². The summed E-state index contributed by atoms with van der Waals surface area (Å²) < 4.78 is 1.52. The van der Waals surface area contributed by atoms with E-state index in [1.165, 1.54) is 41.7 Å². The summed E-state index contributed by atoms with van der Waals surface area (Å²) in [7, 11) is 0. The van der Waals surface area contributed by atoms with E-state index in [2.05, 4.69) is 12.2 Å². The minimum atomic E-state index is -0.0515. The van der Waals surface area contributed by atoms with E-state index in [4.69, 9.17) is 0 Å². The van der Waals surface area contributed by atoms with Crippen molar-refractivity contribution in [3.05, 3.63) is 29.0 Å². The number of hydrogen-bond acceptors (Lipinski definition) is 0. The Morgan fingerprint density at radius 3 is 3.08 bits per heavy atom. The first-order valence-electron chi connectivity index (χ1n) is 5.24. The van der Waals surface area contributed by atoms with Crippen LogP contribution in [-0.2, 0) is 0 Å². The van der Waals surface area contributed by atoms with E-state index in [1.54, 1.807) is 0 Å². The largest absolute Gasteiger partial charge is 0.499 e. The van der Waals surface area contributed by atoms with Gasteiger partial charge in [0.1, 0.15) is 0 Å². The molecule has 2 heteroatoms. The molecule has 0 aromatic heterocycles. The van der Waals surface area contributed by atoms with Gasteiger partial charge < -0.3 is 5.53 Å². The molecule has 2 bridgehead atoms. The number of piperidine rings is 1. The molecule has 3 rings (SSSR count). The van der Waals surface area contributed by atoms with Gasteiger partial charge in [-0.3, -0.25) is 4.70 Å². The lowest BCUT2D eigenvalue weighted by Gasteiger charge is -2.45. The van der Waals surface area contributed by atoms with Crippen molar-refractivity contribution in [1.29, 1.82) is 0 Å². The van der Waals surface area contributed by atoms with Gasteiger partial charge in [0.05, 0.1) is 5.57 Å². The maximum Gasteiger partial charge on any atom is 0.202 e. The van der Waals surface area contributed by atoms with Crippen molar-refractivity contribution < 1.29 is 4.70 Å². The normalized spacial score (nSPS) is 36.8. The summed E-state index contributed by atoms with van der Waals surface area (Å²) in [6, 6.07) is 0. The summed E-state index contributed by atoms with van der Waals surface area (Å²) in [4.78, 5) is 0. The molecule has 1 atom stereocenters. The van der Waals surface area contributed by atoms with Crippen LogP contribution in [0, 0.1) is 0 Å². The molecule has 2 heterocycles. The Labute approximate surface area is 78.4 Å². The predicted molar refractivity (Wildman–Crippen MR) is 50.2 cm³/mol. The molecule has 0 saturated carbocycles. The van der Waals surface area contributed by atoms with Crippen LogP contribution < -0.4 is 0 Å². The summed E-state index contributed by atoms with van der Waals surface area (Å²) in [5.41, 5.74) is 12.6. The minimum Gasteiger partial charge on any atom is -0.499 e. The summed E-state index contributed by atoms with van der Waals surface area (Å²) in [5, 5.41) is 0. The predicted octanol–water partition coefficient (Wildman–Crippen LogP) is 2.95. The van der Waals surface area contributed by atoms with Gasteiger partial charge in [0.2, 0.25) is 5.54 Å². The van der Waals surface area contributed by atoms with Crippen LogP contribution in [0.5, 0.6) is 0 Å². The monoisotopic (exact) mass is 174 g/mol. The van der Waals surface area contributed by atoms with E-state index in [0.29, 0.717) is 0 Å². The molecule has 2 aliphatic heterocycles. The molecule has 0 N–H and O–H groups in total. The number of nitrogens with zero attached hydrogens (tertiary/aromatic N) is 2. The zero-order chi connectivity index (χ0) is 8.89. The van der Waals surface area contributed by atoms with Crippen LogP contribution >= 0.6 is 0 Å². The second-order valence-electron chi connectivity index (χ2n) is 4.31. The van der Waals surface area contributed by atoms with Crippen molar-refractivity contribution in [2.45, 2.75) is 44.1 Å². The van der Waals surface area contributed by atoms with Gasteiger partial charge in [-0.2, -0.15) is 0 Å². The fourth-order valence-corrected chi connectivity index (χ4v) is 3.02. The van der Waals surface area contributed by atoms with Gasteiger partial charge in [-0.1, -0.05) is 6.08 Å². The maximum atomic E-state index is 9.86. The molecule has 1 spiro atoms. The van der Waals surface area contributed by atoms with E-state index in [-0.39, 0.29) is 5.54 Å². The lowest BCUT2D eigenvalue weighted by molar-refractivity contribution is -0.604. The van der Waals surface area contributed by atoms with Crippen molar-refractivity contribution in [3.8, 4) is 0 Å². The molecular formula is C11H14N2. The topological polar surface area (TPSA) is 25.3 Å². The van der Waals surface area contributed by atoms with Gasteiger partial charge in [0, 0.05) is 12.8 Å². The highest BCUT2D eigenvalue weighted by Crippen LogP contribution is 2.51. The Balaban J connectivity index is 2.14. The molecule has 0 aromatic rings. The first-order valence-corrected chi connectivity index (χ1v) is 5.24. The second-order valence-corrected chi connectivity index (χ2v) is 4.31. The first-order chi connectivity index (χ1) is 6.34. The van der Waals surface area contributed by atoms with Crippen LogP contribution in [-0.4, -0.2) is 10.2 Å². The van der Waals surface area contributed by atoms with Crippen LogP contribution in [0.4, 0.5) is 0 Å². The molecule has 0 amide bonds. The summed E-state index contributed by atoms with van der Waals surface area (Å²) in [6.45, 7) is 0. The lowest BCUT2D eigenvalue weighted by atomic mass is 9.70. The molecular weight excluding hydrogens is 160 g/mol. The highest BCUT2D eigenvalue weighted by atomic mass is 15.3. The molecule has 0 aromatic carbocycles. The van der Waals surface area contributed by atoms with Crippen molar-refractivity contribution in [2.24, 2.45) is 0 Å². The standard InChI is InChI=1S/C11H14N2/c12-13-10-6-4-8-11(13)7-3-1-2-5-9(10)11/h3,7H,1-2,4-6,8H2. The molecule has 1 aliphatic carbocycles. The summed E-state index contributed by atoms with van der Waals surface area (Å²) in [5.74, 6) is 0. The van der Waals surface area contributed by atoms with E-state index in [9.17, 15) is 5.53 Å². The number of hydrogen-bond donors (Lipinski definition) is 0. The number of allylic oxidation sites excluding steroid dienone is 2. The van der Waals surface area contributed by atoms with Crippen LogP contribution in [0.15, 0.2) is 23.4 Å². The second kappa shape index (κ2) is 2.31. The van der Waals surface area contributed by atoms with Crippen molar-refractivity contribution >= 4 is 0 Å². The van der Waals surface area contributed by atoms with Crippen molar-refractivity contribution in [3.63, 3.8) is 0 Å². The van der Waals surface area contributed by atoms with E-state index >= 15 is 0 Å². The Kier molecular flexibility index (Phi) is 1.33. The highest BCUT2D eigenvalue weighted by Gasteiger charge is 2.55. The molecule has 1 saturated heterocycles. The van der Waals surface area contributed by atoms with Gasteiger partial charge in [-0.15, -0.1) is 0 Å². The van der Waals surface area contributed by atoms with Crippen molar-refractivity contribution in [1.82, 2.24) is 0 Å². The zero-order valence-electron chi connectivity index (χ0n) is 7.79. The molecule has 1 unspecified atom stereocenters. The zero-order valence-corrected chi connectivity index (χ0v) is 7.79. The summed E-state index contributed by atoms with van der Waals surface area (Å²) in [6.07, 6.45) is 11.5. The van der Waals surface area contributed by atoms with Gasteiger partial charge >= 0.3 is 0 Å². The van der Waals surface area contributed by atoms with Crippen LogP contribution in [0.2, 0.25) is 0 Å².